The second-order valence-corrected chi connectivity index (χ2v) is 6.05. The molecule has 0 bridgehead atoms. The second-order valence-electron chi connectivity index (χ2n) is 4.45. The topological polar surface area (TPSA) is 41.1 Å². The summed E-state index contributed by atoms with van der Waals surface area (Å²) in [7, 11) is 0. The summed E-state index contributed by atoms with van der Waals surface area (Å²) in [6, 6.07) is 5.12. The van der Waals surface area contributed by atoms with Crippen LogP contribution in [0.5, 0.6) is 0 Å². The van der Waals surface area contributed by atoms with Crippen molar-refractivity contribution in [2.75, 3.05) is 5.32 Å². The molecule has 5 heteroatoms. The number of urea groups is 1. The van der Waals surface area contributed by atoms with Gasteiger partial charge >= 0.3 is 6.03 Å². The van der Waals surface area contributed by atoms with Gasteiger partial charge in [0, 0.05) is 14.1 Å². The average molecular weight is 353 g/mol. The lowest BCUT2D eigenvalue weighted by molar-refractivity contribution is 0.244. The van der Waals surface area contributed by atoms with E-state index in [1.807, 2.05) is 20.8 Å². The molecule has 0 saturated heterocycles. The summed E-state index contributed by atoms with van der Waals surface area (Å²) in [6.07, 6.45) is 0. The molecular formula is C11H14ClIN2O. The van der Waals surface area contributed by atoms with E-state index < -0.39 is 0 Å². The molecule has 2 N–H and O–H groups in total. The molecule has 1 aromatic carbocycles. The first-order valence-corrected chi connectivity index (χ1v) is 6.28. The molecule has 0 spiro atoms. The van der Waals surface area contributed by atoms with Crippen LogP contribution in [0.4, 0.5) is 10.5 Å². The standard InChI is InChI=1S/C11H14ClIN2O/c1-11(2,3)15-10(16)14-9-5-4-7(12)6-8(9)13/h4-6H,1-3H3,(H2,14,15,16). The number of carbonyl (C=O) groups is 1. The summed E-state index contributed by atoms with van der Waals surface area (Å²) in [5.74, 6) is 0. The summed E-state index contributed by atoms with van der Waals surface area (Å²) in [6.45, 7) is 5.79. The van der Waals surface area contributed by atoms with E-state index in [9.17, 15) is 4.79 Å². The molecular weight excluding hydrogens is 338 g/mol. The Morgan fingerprint density at radius 1 is 1.38 bits per heavy atom. The van der Waals surface area contributed by atoms with Gasteiger partial charge in [0.25, 0.3) is 0 Å². The maximum absolute atomic E-state index is 11.6. The van der Waals surface area contributed by atoms with E-state index in [1.54, 1.807) is 18.2 Å². The predicted octanol–water partition coefficient (Wildman–Crippen LogP) is 3.86. The third-order valence-electron chi connectivity index (χ3n) is 1.67. The van der Waals surface area contributed by atoms with Gasteiger partial charge in [0.05, 0.1) is 5.69 Å². The van der Waals surface area contributed by atoms with E-state index in [0.29, 0.717) is 5.02 Å². The van der Waals surface area contributed by atoms with Crippen LogP contribution in [-0.4, -0.2) is 11.6 Å². The SMILES string of the molecule is CC(C)(C)NC(=O)Nc1ccc(Cl)cc1I. The van der Waals surface area contributed by atoms with Crippen molar-refractivity contribution in [2.45, 2.75) is 26.3 Å². The van der Waals surface area contributed by atoms with Gasteiger partial charge in [-0.15, -0.1) is 0 Å². The molecule has 0 aromatic heterocycles. The van der Waals surface area contributed by atoms with Crippen LogP contribution in [0.2, 0.25) is 5.02 Å². The molecule has 1 rings (SSSR count). The average Bonchev–Trinajstić information content (AvgIpc) is 2.06. The maximum atomic E-state index is 11.6. The van der Waals surface area contributed by atoms with Crippen molar-refractivity contribution in [1.82, 2.24) is 5.32 Å². The Hall–Kier alpha value is -0.490. The lowest BCUT2D eigenvalue weighted by Crippen LogP contribution is -2.43. The number of carbonyl (C=O) groups excluding carboxylic acids is 1. The van der Waals surface area contributed by atoms with E-state index in [0.717, 1.165) is 9.26 Å². The first kappa shape index (κ1) is 13.6. The minimum absolute atomic E-state index is 0.215. The third-order valence-corrected chi connectivity index (χ3v) is 2.80. The monoisotopic (exact) mass is 352 g/mol. The van der Waals surface area contributed by atoms with Crippen molar-refractivity contribution in [3.8, 4) is 0 Å². The number of benzene rings is 1. The number of amides is 2. The molecule has 0 heterocycles. The first-order chi connectivity index (χ1) is 7.28. The van der Waals surface area contributed by atoms with Crippen LogP contribution in [0.3, 0.4) is 0 Å². The normalized spacial score (nSPS) is 11.1. The van der Waals surface area contributed by atoms with E-state index >= 15 is 0 Å². The molecule has 0 fully saturated rings. The smallest absolute Gasteiger partial charge is 0.319 e. The van der Waals surface area contributed by atoms with Gasteiger partial charge < -0.3 is 10.6 Å². The zero-order chi connectivity index (χ0) is 12.3. The highest BCUT2D eigenvalue weighted by Crippen LogP contribution is 2.22. The molecule has 0 atom stereocenters. The summed E-state index contributed by atoms with van der Waals surface area (Å²) < 4.78 is 0.911. The van der Waals surface area contributed by atoms with Crippen molar-refractivity contribution >= 4 is 45.9 Å². The Bertz CT molecular complexity index is 401. The number of hydrogen-bond donors (Lipinski definition) is 2. The Morgan fingerprint density at radius 3 is 2.50 bits per heavy atom. The lowest BCUT2D eigenvalue weighted by atomic mass is 10.1. The van der Waals surface area contributed by atoms with Gasteiger partial charge in [-0.25, -0.2) is 4.79 Å². The largest absolute Gasteiger partial charge is 0.333 e. The van der Waals surface area contributed by atoms with Gasteiger partial charge in [0.1, 0.15) is 0 Å². The van der Waals surface area contributed by atoms with Crippen molar-refractivity contribution in [3.63, 3.8) is 0 Å². The minimum Gasteiger partial charge on any atom is -0.333 e. The highest BCUT2D eigenvalue weighted by Gasteiger charge is 2.14. The number of nitrogens with one attached hydrogen (secondary N) is 2. The molecule has 0 radical (unpaired) electrons. The summed E-state index contributed by atoms with van der Waals surface area (Å²) in [5.41, 5.74) is 0.508. The fourth-order valence-corrected chi connectivity index (χ4v) is 2.09. The van der Waals surface area contributed by atoms with Gasteiger partial charge in [0.15, 0.2) is 0 Å². The molecule has 2 amide bonds. The van der Waals surface area contributed by atoms with Gasteiger partial charge in [-0.2, -0.15) is 0 Å². The van der Waals surface area contributed by atoms with E-state index in [4.69, 9.17) is 11.6 Å². The van der Waals surface area contributed by atoms with Crippen LogP contribution in [0.1, 0.15) is 20.8 Å². The predicted molar refractivity (Wildman–Crippen MR) is 76.1 cm³/mol. The Labute approximate surface area is 114 Å². The van der Waals surface area contributed by atoms with E-state index in [2.05, 4.69) is 33.2 Å². The number of halogens is 2. The molecule has 88 valence electrons. The number of anilines is 1. The third kappa shape index (κ3) is 4.57. The number of rotatable bonds is 1. The quantitative estimate of drug-likeness (QED) is 0.740. The maximum Gasteiger partial charge on any atom is 0.319 e. The summed E-state index contributed by atoms with van der Waals surface area (Å²) in [4.78, 5) is 11.6. The molecule has 0 aliphatic heterocycles. The molecule has 0 unspecified atom stereocenters. The van der Waals surface area contributed by atoms with Crippen molar-refractivity contribution in [1.29, 1.82) is 0 Å². The van der Waals surface area contributed by atoms with Crippen LogP contribution < -0.4 is 10.6 Å². The van der Waals surface area contributed by atoms with Crippen LogP contribution in [-0.2, 0) is 0 Å². The Kier molecular flexibility index (Phi) is 4.43. The molecule has 1 aromatic rings. The molecule has 16 heavy (non-hydrogen) atoms. The van der Waals surface area contributed by atoms with Crippen LogP contribution in [0.25, 0.3) is 0 Å². The van der Waals surface area contributed by atoms with Crippen LogP contribution in [0, 0.1) is 3.57 Å². The summed E-state index contributed by atoms with van der Waals surface area (Å²) >= 11 is 7.96. The number of hydrogen-bond acceptors (Lipinski definition) is 1. The van der Waals surface area contributed by atoms with E-state index in [-0.39, 0.29) is 11.6 Å². The van der Waals surface area contributed by atoms with Crippen molar-refractivity contribution < 1.29 is 4.79 Å². The van der Waals surface area contributed by atoms with Crippen molar-refractivity contribution in [3.05, 3.63) is 26.8 Å². The van der Waals surface area contributed by atoms with Gasteiger partial charge in [0.2, 0.25) is 0 Å². The highest BCUT2D eigenvalue weighted by molar-refractivity contribution is 14.1. The second kappa shape index (κ2) is 5.23. The van der Waals surface area contributed by atoms with Crippen LogP contribution >= 0.6 is 34.2 Å². The molecule has 0 saturated carbocycles. The van der Waals surface area contributed by atoms with E-state index in [1.165, 1.54) is 0 Å². The molecule has 0 aliphatic rings. The van der Waals surface area contributed by atoms with Gasteiger partial charge in [-0.3, -0.25) is 0 Å². The van der Waals surface area contributed by atoms with Crippen molar-refractivity contribution in [2.24, 2.45) is 0 Å². The molecule has 0 aliphatic carbocycles. The zero-order valence-corrected chi connectivity index (χ0v) is 12.3. The zero-order valence-electron chi connectivity index (χ0n) is 9.40. The van der Waals surface area contributed by atoms with Gasteiger partial charge in [-0.05, 0) is 61.6 Å². The Morgan fingerprint density at radius 2 is 2.00 bits per heavy atom. The fourth-order valence-electron chi connectivity index (χ4n) is 1.09. The summed E-state index contributed by atoms with van der Waals surface area (Å²) in [5, 5.41) is 6.26. The van der Waals surface area contributed by atoms with Gasteiger partial charge in [-0.1, -0.05) is 11.6 Å². The molecule has 3 nitrogen and oxygen atoms in total. The minimum atomic E-state index is -0.248. The Balaban J connectivity index is 2.70. The highest BCUT2D eigenvalue weighted by atomic mass is 127. The first-order valence-electron chi connectivity index (χ1n) is 4.82. The van der Waals surface area contributed by atoms with Crippen LogP contribution in [0.15, 0.2) is 18.2 Å². The lowest BCUT2D eigenvalue weighted by Gasteiger charge is -2.21. The fraction of sp³-hybridized carbons (Fsp3) is 0.364.